The van der Waals surface area contributed by atoms with Gasteiger partial charge in [-0.2, -0.15) is 0 Å². The Morgan fingerprint density at radius 3 is 1.72 bits per heavy atom. The molecule has 0 radical (unpaired) electrons. The van der Waals surface area contributed by atoms with E-state index in [0.29, 0.717) is 28.9 Å². The van der Waals surface area contributed by atoms with Crippen LogP contribution in [-0.4, -0.2) is 17.6 Å². The standard InChI is InChI=1S/C27H28N2O3/c1-18(30)20-11-15-24(16-12-20)29-26(32)22-7-5-19(6-8-22)17-28-25(31)21-9-13-23(14-10-21)27(2,3)4/h5-16H,17H2,1-4H3,(H,28,31)(H,29,32). The molecular formula is C27H28N2O3. The number of hydrogen-bond acceptors (Lipinski definition) is 3. The van der Waals surface area contributed by atoms with Crippen LogP contribution in [0, 0.1) is 0 Å². The van der Waals surface area contributed by atoms with E-state index in [-0.39, 0.29) is 23.0 Å². The van der Waals surface area contributed by atoms with Gasteiger partial charge in [-0.3, -0.25) is 14.4 Å². The maximum Gasteiger partial charge on any atom is 0.255 e. The molecule has 0 saturated heterocycles. The van der Waals surface area contributed by atoms with E-state index in [1.165, 1.54) is 12.5 Å². The van der Waals surface area contributed by atoms with Crippen molar-refractivity contribution in [3.05, 3.63) is 101 Å². The van der Waals surface area contributed by atoms with Gasteiger partial charge in [0.05, 0.1) is 0 Å². The van der Waals surface area contributed by atoms with Gasteiger partial charge in [-0.25, -0.2) is 0 Å². The molecule has 0 heterocycles. The van der Waals surface area contributed by atoms with Gasteiger partial charge < -0.3 is 10.6 Å². The first-order valence-electron chi connectivity index (χ1n) is 10.5. The highest BCUT2D eigenvalue weighted by Gasteiger charge is 2.14. The molecule has 0 fully saturated rings. The lowest BCUT2D eigenvalue weighted by Gasteiger charge is -2.19. The number of carbonyl (C=O) groups excluding carboxylic acids is 3. The van der Waals surface area contributed by atoms with Crippen molar-refractivity contribution < 1.29 is 14.4 Å². The van der Waals surface area contributed by atoms with Crippen LogP contribution in [0.25, 0.3) is 0 Å². The molecule has 32 heavy (non-hydrogen) atoms. The maximum absolute atomic E-state index is 12.4. The van der Waals surface area contributed by atoms with Gasteiger partial charge in [-0.1, -0.05) is 45.0 Å². The summed E-state index contributed by atoms with van der Waals surface area (Å²) in [5, 5.41) is 5.72. The highest BCUT2D eigenvalue weighted by atomic mass is 16.2. The largest absolute Gasteiger partial charge is 0.348 e. The van der Waals surface area contributed by atoms with Gasteiger partial charge in [0, 0.05) is 28.9 Å². The third-order valence-electron chi connectivity index (χ3n) is 5.23. The first-order chi connectivity index (χ1) is 15.1. The van der Waals surface area contributed by atoms with E-state index < -0.39 is 0 Å². The summed E-state index contributed by atoms with van der Waals surface area (Å²) in [4.78, 5) is 36.2. The van der Waals surface area contributed by atoms with Gasteiger partial charge in [0.25, 0.3) is 11.8 Å². The lowest BCUT2D eigenvalue weighted by Crippen LogP contribution is -2.23. The molecule has 0 atom stereocenters. The molecule has 0 bridgehead atoms. The molecule has 2 amide bonds. The van der Waals surface area contributed by atoms with Crippen LogP contribution in [0.3, 0.4) is 0 Å². The summed E-state index contributed by atoms with van der Waals surface area (Å²) in [7, 11) is 0. The van der Waals surface area contributed by atoms with Crippen LogP contribution in [0.1, 0.15) is 69.9 Å². The second-order valence-electron chi connectivity index (χ2n) is 8.79. The van der Waals surface area contributed by atoms with Crippen LogP contribution in [0.5, 0.6) is 0 Å². The second kappa shape index (κ2) is 9.60. The Bertz CT molecular complexity index is 1110. The number of carbonyl (C=O) groups is 3. The summed E-state index contributed by atoms with van der Waals surface area (Å²) in [6.07, 6.45) is 0. The summed E-state index contributed by atoms with van der Waals surface area (Å²) >= 11 is 0. The highest BCUT2D eigenvalue weighted by Crippen LogP contribution is 2.22. The molecule has 5 heteroatoms. The average Bonchev–Trinajstić information content (AvgIpc) is 2.77. The zero-order valence-electron chi connectivity index (χ0n) is 18.9. The second-order valence-corrected chi connectivity index (χ2v) is 8.79. The normalized spacial score (nSPS) is 11.0. The third kappa shape index (κ3) is 5.91. The van der Waals surface area contributed by atoms with Crippen molar-refractivity contribution in [3.8, 4) is 0 Å². The Morgan fingerprint density at radius 1 is 0.688 bits per heavy atom. The number of ketones is 1. The van der Waals surface area contributed by atoms with Crippen molar-refractivity contribution in [1.82, 2.24) is 5.32 Å². The molecule has 2 N–H and O–H groups in total. The summed E-state index contributed by atoms with van der Waals surface area (Å²) < 4.78 is 0. The summed E-state index contributed by atoms with van der Waals surface area (Å²) in [6.45, 7) is 8.27. The van der Waals surface area contributed by atoms with E-state index in [4.69, 9.17) is 0 Å². The summed E-state index contributed by atoms with van der Waals surface area (Å²) in [5.41, 5.74) is 4.46. The molecular weight excluding hydrogens is 400 g/mol. The Morgan fingerprint density at radius 2 is 1.19 bits per heavy atom. The van der Waals surface area contributed by atoms with Crippen molar-refractivity contribution in [2.75, 3.05) is 5.32 Å². The number of hydrogen-bond donors (Lipinski definition) is 2. The minimum atomic E-state index is -0.241. The van der Waals surface area contributed by atoms with Gasteiger partial charge in [0.15, 0.2) is 5.78 Å². The van der Waals surface area contributed by atoms with E-state index in [2.05, 4.69) is 31.4 Å². The molecule has 0 spiro atoms. The molecule has 0 aromatic heterocycles. The number of rotatable bonds is 6. The average molecular weight is 429 g/mol. The lowest BCUT2D eigenvalue weighted by atomic mass is 9.87. The number of amides is 2. The quantitative estimate of drug-likeness (QED) is 0.518. The van der Waals surface area contributed by atoms with E-state index in [1.807, 2.05) is 36.4 Å². The van der Waals surface area contributed by atoms with Crippen LogP contribution in [0.2, 0.25) is 0 Å². The van der Waals surface area contributed by atoms with Gasteiger partial charge in [-0.15, -0.1) is 0 Å². The van der Waals surface area contributed by atoms with Crippen molar-refractivity contribution in [2.45, 2.75) is 39.7 Å². The van der Waals surface area contributed by atoms with Crippen LogP contribution in [-0.2, 0) is 12.0 Å². The Balaban J connectivity index is 1.55. The first-order valence-corrected chi connectivity index (χ1v) is 10.5. The Kier molecular flexibility index (Phi) is 6.89. The molecule has 164 valence electrons. The third-order valence-corrected chi connectivity index (χ3v) is 5.23. The fourth-order valence-electron chi connectivity index (χ4n) is 3.17. The van der Waals surface area contributed by atoms with Gasteiger partial charge in [-0.05, 0) is 72.0 Å². The maximum atomic E-state index is 12.4. The van der Waals surface area contributed by atoms with E-state index in [0.717, 1.165) is 5.56 Å². The highest BCUT2D eigenvalue weighted by molar-refractivity contribution is 6.04. The number of anilines is 1. The van der Waals surface area contributed by atoms with Gasteiger partial charge in [0.2, 0.25) is 0 Å². The minimum absolute atomic E-state index is 0.0209. The first kappa shape index (κ1) is 22.9. The van der Waals surface area contributed by atoms with Crippen LogP contribution >= 0.6 is 0 Å². The van der Waals surface area contributed by atoms with Crippen LogP contribution in [0.4, 0.5) is 5.69 Å². The fourth-order valence-corrected chi connectivity index (χ4v) is 3.17. The summed E-state index contributed by atoms with van der Waals surface area (Å²) in [6, 6.07) is 21.5. The van der Waals surface area contributed by atoms with Crippen molar-refractivity contribution in [3.63, 3.8) is 0 Å². The number of benzene rings is 3. The van der Waals surface area contributed by atoms with Crippen LogP contribution in [0.15, 0.2) is 72.8 Å². The molecule has 3 aromatic carbocycles. The monoisotopic (exact) mass is 428 g/mol. The molecule has 0 unspecified atom stereocenters. The van der Waals surface area contributed by atoms with Gasteiger partial charge >= 0.3 is 0 Å². The number of nitrogens with one attached hydrogen (secondary N) is 2. The molecule has 0 saturated carbocycles. The van der Waals surface area contributed by atoms with E-state index in [1.54, 1.807) is 36.4 Å². The Labute approximate surface area is 188 Å². The lowest BCUT2D eigenvalue weighted by molar-refractivity contribution is 0.0949. The van der Waals surface area contributed by atoms with Crippen molar-refractivity contribution in [2.24, 2.45) is 0 Å². The SMILES string of the molecule is CC(=O)c1ccc(NC(=O)c2ccc(CNC(=O)c3ccc(C(C)(C)C)cc3)cc2)cc1. The van der Waals surface area contributed by atoms with Crippen molar-refractivity contribution >= 4 is 23.3 Å². The topological polar surface area (TPSA) is 75.3 Å². The smallest absolute Gasteiger partial charge is 0.255 e. The zero-order chi connectivity index (χ0) is 23.3. The summed E-state index contributed by atoms with van der Waals surface area (Å²) in [5.74, 6) is -0.399. The predicted octanol–water partition coefficient (Wildman–Crippen LogP) is 5.37. The molecule has 5 nitrogen and oxygen atoms in total. The zero-order valence-corrected chi connectivity index (χ0v) is 18.9. The fraction of sp³-hybridized carbons (Fsp3) is 0.222. The van der Waals surface area contributed by atoms with Crippen molar-refractivity contribution in [1.29, 1.82) is 0 Å². The van der Waals surface area contributed by atoms with Gasteiger partial charge in [0.1, 0.15) is 0 Å². The van der Waals surface area contributed by atoms with E-state index in [9.17, 15) is 14.4 Å². The molecule has 0 aliphatic heterocycles. The predicted molar refractivity (Wildman–Crippen MR) is 127 cm³/mol. The minimum Gasteiger partial charge on any atom is -0.348 e. The molecule has 0 aliphatic rings. The van der Waals surface area contributed by atoms with Crippen LogP contribution < -0.4 is 10.6 Å². The number of Topliss-reactive ketones (excluding diaryl/α,β-unsaturated/α-hetero) is 1. The van der Waals surface area contributed by atoms with E-state index >= 15 is 0 Å². The molecule has 0 aliphatic carbocycles. The molecule has 3 rings (SSSR count). The Hall–Kier alpha value is -3.73. The molecule has 3 aromatic rings.